The van der Waals surface area contributed by atoms with Crippen molar-refractivity contribution in [2.75, 3.05) is 13.2 Å². The Morgan fingerprint density at radius 3 is 2.74 bits per heavy atom. The molecule has 0 aliphatic heterocycles. The molecule has 0 spiro atoms. The fraction of sp³-hybridized carbons (Fsp3) is 0.600. The summed E-state index contributed by atoms with van der Waals surface area (Å²) in [5.41, 5.74) is 6.52. The summed E-state index contributed by atoms with van der Waals surface area (Å²) in [5.74, 6) is -0.223. The third-order valence-corrected chi connectivity index (χ3v) is 3.46. The summed E-state index contributed by atoms with van der Waals surface area (Å²) in [6.07, 6.45) is 2.30. The van der Waals surface area contributed by atoms with Gasteiger partial charge < -0.3 is 16.2 Å². The fourth-order valence-electron chi connectivity index (χ4n) is 2.31. The number of rotatable bonds is 8. The zero-order valence-corrected chi connectivity index (χ0v) is 11.8. The van der Waals surface area contributed by atoms with E-state index in [0.717, 1.165) is 12.0 Å². The molecule has 3 nitrogen and oxygen atoms in total. The number of halogens is 1. The van der Waals surface area contributed by atoms with Crippen molar-refractivity contribution in [1.29, 1.82) is 0 Å². The van der Waals surface area contributed by atoms with Crippen molar-refractivity contribution in [1.82, 2.24) is 5.32 Å². The van der Waals surface area contributed by atoms with Gasteiger partial charge in [0.2, 0.25) is 0 Å². The van der Waals surface area contributed by atoms with Crippen LogP contribution in [0.15, 0.2) is 24.3 Å². The van der Waals surface area contributed by atoms with Crippen LogP contribution in [-0.4, -0.2) is 29.8 Å². The maximum absolute atomic E-state index is 13.2. The van der Waals surface area contributed by atoms with E-state index in [0.29, 0.717) is 19.4 Å². The summed E-state index contributed by atoms with van der Waals surface area (Å²) in [4.78, 5) is 0. The number of hydrogen-bond acceptors (Lipinski definition) is 3. The smallest absolute Gasteiger partial charge is 0.123 e. The highest BCUT2D eigenvalue weighted by atomic mass is 19.1. The predicted molar refractivity (Wildman–Crippen MR) is 76.5 cm³/mol. The maximum atomic E-state index is 13.2. The maximum Gasteiger partial charge on any atom is 0.123 e. The monoisotopic (exact) mass is 268 g/mol. The van der Waals surface area contributed by atoms with Crippen LogP contribution in [0, 0.1) is 5.82 Å². The van der Waals surface area contributed by atoms with Crippen molar-refractivity contribution < 1.29 is 9.50 Å². The van der Waals surface area contributed by atoms with Crippen LogP contribution in [0.2, 0.25) is 0 Å². The molecule has 0 saturated heterocycles. The molecule has 1 aromatic carbocycles. The molecule has 0 radical (unpaired) electrons. The van der Waals surface area contributed by atoms with Crippen LogP contribution in [0.25, 0.3) is 0 Å². The molecule has 0 fully saturated rings. The van der Waals surface area contributed by atoms with Gasteiger partial charge in [-0.15, -0.1) is 0 Å². The first-order chi connectivity index (χ1) is 9.03. The standard InChI is InChI=1S/C15H25FN2O/c1-3-14(7-8-19)18-15(2,11-17)10-12-5-4-6-13(16)9-12/h4-6,9,14,18-19H,3,7-8,10-11,17H2,1-2H3. The Balaban J connectivity index is 2.73. The van der Waals surface area contributed by atoms with E-state index in [1.165, 1.54) is 6.07 Å². The first-order valence-corrected chi connectivity index (χ1v) is 6.86. The molecule has 0 saturated carbocycles. The SMILES string of the molecule is CCC(CCO)NC(C)(CN)Cc1cccc(F)c1. The third-order valence-electron chi connectivity index (χ3n) is 3.46. The molecule has 0 bridgehead atoms. The highest BCUT2D eigenvalue weighted by molar-refractivity contribution is 5.19. The first-order valence-electron chi connectivity index (χ1n) is 6.86. The van der Waals surface area contributed by atoms with Gasteiger partial charge in [-0.05, 0) is 43.9 Å². The Hall–Kier alpha value is -0.970. The van der Waals surface area contributed by atoms with Gasteiger partial charge in [0.05, 0.1) is 0 Å². The number of benzene rings is 1. The quantitative estimate of drug-likeness (QED) is 0.674. The van der Waals surface area contributed by atoms with E-state index >= 15 is 0 Å². The molecule has 0 aliphatic rings. The lowest BCUT2D eigenvalue weighted by atomic mass is 9.91. The highest BCUT2D eigenvalue weighted by Gasteiger charge is 2.25. The molecule has 0 aromatic heterocycles. The summed E-state index contributed by atoms with van der Waals surface area (Å²) in [7, 11) is 0. The van der Waals surface area contributed by atoms with Gasteiger partial charge in [-0.3, -0.25) is 0 Å². The van der Waals surface area contributed by atoms with Crippen LogP contribution in [0.5, 0.6) is 0 Å². The fourth-order valence-corrected chi connectivity index (χ4v) is 2.31. The molecule has 108 valence electrons. The van der Waals surface area contributed by atoms with E-state index in [9.17, 15) is 4.39 Å². The van der Waals surface area contributed by atoms with Gasteiger partial charge in [0.1, 0.15) is 5.82 Å². The lowest BCUT2D eigenvalue weighted by Crippen LogP contribution is -2.54. The van der Waals surface area contributed by atoms with Gasteiger partial charge in [-0.2, -0.15) is 0 Å². The highest BCUT2D eigenvalue weighted by Crippen LogP contribution is 2.15. The van der Waals surface area contributed by atoms with Crippen LogP contribution >= 0.6 is 0 Å². The molecular formula is C15H25FN2O. The van der Waals surface area contributed by atoms with Crippen molar-refractivity contribution in [2.24, 2.45) is 5.73 Å². The molecule has 2 unspecified atom stereocenters. The number of hydrogen-bond donors (Lipinski definition) is 3. The zero-order chi connectivity index (χ0) is 14.3. The Morgan fingerprint density at radius 2 is 2.21 bits per heavy atom. The van der Waals surface area contributed by atoms with E-state index < -0.39 is 0 Å². The molecule has 0 heterocycles. The topological polar surface area (TPSA) is 58.3 Å². The number of nitrogens with two attached hydrogens (primary N) is 1. The van der Waals surface area contributed by atoms with E-state index in [4.69, 9.17) is 10.8 Å². The minimum Gasteiger partial charge on any atom is -0.396 e. The van der Waals surface area contributed by atoms with Crippen LogP contribution in [0.4, 0.5) is 4.39 Å². The van der Waals surface area contributed by atoms with Gasteiger partial charge in [-0.1, -0.05) is 19.1 Å². The summed E-state index contributed by atoms with van der Waals surface area (Å²) < 4.78 is 13.2. The van der Waals surface area contributed by atoms with Gasteiger partial charge in [0.25, 0.3) is 0 Å². The Kier molecular flexibility index (Phi) is 6.42. The molecule has 0 aliphatic carbocycles. The van der Waals surface area contributed by atoms with E-state index in [1.54, 1.807) is 12.1 Å². The molecule has 1 aromatic rings. The van der Waals surface area contributed by atoms with Gasteiger partial charge in [0, 0.05) is 24.7 Å². The molecule has 4 N–H and O–H groups in total. The minimum atomic E-state index is -0.288. The minimum absolute atomic E-state index is 0.159. The summed E-state index contributed by atoms with van der Waals surface area (Å²) in [6, 6.07) is 6.84. The Morgan fingerprint density at radius 1 is 1.47 bits per heavy atom. The van der Waals surface area contributed by atoms with Crippen LogP contribution in [-0.2, 0) is 6.42 Å². The first kappa shape index (κ1) is 16.1. The van der Waals surface area contributed by atoms with E-state index in [1.807, 2.05) is 13.0 Å². The molecule has 0 amide bonds. The van der Waals surface area contributed by atoms with Crippen molar-refractivity contribution >= 4 is 0 Å². The summed E-state index contributed by atoms with van der Waals surface area (Å²) in [6.45, 7) is 4.74. The molecular weight excluding hydrogens is 243 g/mol. The number of aliphatic hydroxyl groups is 1. The van der Waals surface area contributed by atoms with Crippen LogP contribution in [0.1, 0.15) is 32.3 Å². The predicted octanol–water partition coefficient (Wildman–Crippen LogP) is 1.84. The number of nitrogens with one attached hydrogen (secondary N) is 1. The van der Waals surface area contributed by atoms with Gasteiger partial charge >= 0.3 is 0 Å². The lowest BCUT2D eigenvalue weighted by Gasteiger charge is -2.34. The van der Waals surface area contributed by atoms with Crippen LogP contribution < -0.4 is 11.1 Å². The second-order valence-electron chi connectivity index (χ2n) is 5.33. The second kappa shape index (κ2) is 7.58. The van der Waals surface area contributed by atoms with Gasteiger partial charge in [0.15, 0.2) is 0 Å². The molecule has 19 heavy (non-hydrogen) atoms. The second-order valence-corrected chi connectivity index (χ2v) is 5.33. The van der Waals surface area contributed by atoms with E-state index in [-0.39, 0.29) is 24.0 Å². The van der Waals surface area contributed by atoms with Crippen molar-refractivity contribution in [3.63, 3.8) is 0 Å². The van der Waals surface area contributed by atoms with Crippen molar-refractivity contribution in [3.05, 3.63) is 35.6 Å². The van der Waals surface area contributed by atoms with Crippen molar-refractivity contribution in [3.8, 4) is 0 Å². The summed E-state index contributed by atoms with van der Waals surface area (Å²) in [5, 5.41) is 12.5. The summed E-state index contributed by atoms with van der Waals surface area (Å²) >= 11 is 0. The molecule has 1 rings (SSSR count). The lowest BCUT2D eigenvalue weighted by molar-refractivity contribution is 0.233. The van der Waals surface area contributed by atoms with Crippen LogP contribution in [0.3, 0.4) is 0 Å². The van der Waals surface area contributed by atoms with E-state index in [2.05, 4.69) is 12.2 Å². The van der Waals surface area contributed by atoms with Crippen molar-refractivity contribution in [2.45, 2.75) is 44.7 Å². The average molecular weight is 268 g/mol. The normalized spacial score (nSPS) is 16.1. The third kappa shape index (κ3) is 5.27. The van der Waals surface area contributed by atoms with Gasteiger partial charge in [-0.25, -0.2) is 4.39 Å². The average Bonchev–Trinajstić information content (AvgIpc) is 2.38. The zero-order valence-electron chi connectivity index (χ0n) is 11.8. The largest absolute Gasteiger partial charge is 0.396 e. The Bertz CT molecular complexity index is 386. The number of aliphatic hydroxyl groups excluding tert-OH is 1. The molecule has 4 heteroatoms. The Labute approximate surface area is 115 Å². The molecule has 2 atom stereocenters.